The second-order valence-electron chi connectivity index (χ2n) is 3.96. The lowest BCUT2D eigenvalue weighted by Crippen LogP contribution is -2.11. The van der Waals surface area contributed by atoms with Crippen LogP contribution in [0, 0.1) is 0 Å². The van der Waals surface area contributed by atoms with Crippen LogP contribution in [0.15, 0.2) is 0 Å². The lowest BCUT2D eigenvalue weighted by Gasteiger charge is -2.03. The molecule has 0 saturated heterocycles. The van der Waals surface area contributed by atoms with Crippen molar-refractivity contribution < 1.29 is 9.90 Å². The van der Waals surface area contributed by atoms with Crippen molar-refractivity contribution in [3.05, 3.63) is 11.4 Å². The maximum atomic E-state index is 11.0. The monoisotopic (exact) mass is 195 g/mol. The molecule has 1 saturated carbocycles. The largest absolute Gasteiger partial charge is 0.476 e. The van der Waals surface area contributed by atoms with Crippen LogP contribution >= 0.6 is 0 Å². The van der Waals surface area contributed by atoms with Gasteiger partial charge in [0.15, 0.2) is 5.69 Å². The Hall–Kier alpha value is -1.39. The number of hydrogen-bond donors (Lipinski definition) is 1. The summed E-state index contributed by atoms with van der Waals surface area (Å²) in [5.74, 6) is -0.820. The molecule has 0 bridgehead atoms. The van der Waals surface area contributed by atoms with Crippen molar-refractivity contribution in [2.75, 3.05) is 0 Å². The van der Waals surface area contributed by atoms with E-state index in [9.17, 15) is 4.79 Å². The van der Waals surface area contributed by atoms with E-state index in [-0.39, 0.29) is 17.7 Å². The number of carboxylic acid groups (broad SMARTS) is 1. The maximum Gasteiger partial charge on any atom is 0.356 e. The van der Waals surface area contributed by atoms with Crippen molar-refractivity contribution in [1.82, 2.24) is 15.0 Å². The Labute approximate surface area is 81.7 Å². The first kappa shape index (κ1) is 9.18. The van der Waals surface area contributed by atoms with Gasteiger partial charge in [-0.15, -0.1) is 5.10 Å². The van der Waals surface area contributed by atoms with E-state index in [4.69, 9.17) is 5.11 Å². The van der Waals surface area contributed by atoms with Gasteiger partial charge in [0.05, 0.1) is 6.04 Å². The normalized spacial score (nSPS) is 16.2. The van der Waals surface area contributed by atoms with Gasteiger partial charge in [-0.3, -0.25) is 0 Å². The summed E-state index contributed by atoms with van der Waals surface area (Å²) < 4.78 is 1.55. The number of carbonyl (C=O) groups is 1. The van der Waals surface area contributed by atoms with Crippen LogP contribution in [0.5, 0.6) is 0 Å². The fraction of sp³-hybridized carbons (Fsp3) is 0.667. The van der Waals surface area contributed by atoms with Gasteiger partial charge >= 0.3 is 5.97 Å². The van der Waals surface area contributed by atoms with Crippen LogP contribution in [-0.2, 0) is 0 Å². The fourth-order valence-electron chi connectivity index (χ4n) is 1.48. The summed E-state index contributed by atoms with van der Waals surface area (Å²) in [6, 6.07) is 0.265. The Morgan fingerprint density at radius 3 is 2.64 bits per heavy atom. The molecule has 1 aromatic heterocycles. The van der Waals surface area contributed by atoms with Gasteiger partial charge in [-0.2, -0.15) is 0 Å². The van der Waals surface area contributed by atoms with Gasteiger partial charge in [0.25, 0.3) is 0 Å². The summed E-state index contributed by atoms with van der Waals surface area (Å²) in [4.78, 5) is 11.0. The molecule has 1 aromatic rings. The molecule has 0 radical (unpaired) electrons. The van der Waals surface area contributed by atoms with Crippen LogP contribution < -0.4 is 0 Å². The van der Waals surface area contributed by atoms with Crippen LogP contribution in [0.2, 0.25) is 0 Å². The van der Waals surface area contributed by atoms with E-state index >= 15 is 0 Å². The predicted octanol–water partition coefficient (Wildman–Crippen LogP) is 1.43. The van der Waals surface area contributed by atoms with Gasteiger partial charge in [-0.05, 0) is 18.8 Å². The fourth-order valence-corrected chi connectivity index (χ4v) is 1.48. The van der Waals surface area contributed by atoms with Crippen LogP contribution in [0.4, 0.5) is 0 Å². The van der Waals surface area contributed by atoms with E-state index in [1.165, 1.54) is 0 Å². The second kappa shape index (κ2) is 3.08. The Kier molecular flexibility index (Phi) is 2.02. The van der Waals surface area contributed by atoms with E-state index in [1.807, 2.05) is 13.8 Å². The number of nitrogens with zero attached hydrogens (tertiary/aromatic N) is 3. The zero-order valence-corrected chi connectivity index (χ0v) is 8.27. The number of aromatic nitrogens is 3. The molecule has 14 heavy (non-hydrogen) atoms. The lowest BCUT2D eigenvalue weighted by atomic mass is 10.1. The second-order valence-corrected chi connectivity index (χ2v) is 3.96. The molecule has 1 aliphatic rings. The first-order chi connectivity index (χ1) is 6.61. The summed E-state index contributed by atoms with van der Waals surface area (Å²) in [6.07, 6.45) is 2.03. The highest BCUT2D eigenvalue weighted by atomic mass is 16.4. The molecule has 2 rings (SSSR count). The molecule has 0 atom stereocenters. The molecular formula is C9H13N3O2. The summed E-state index contributed by atoms with van der Waals surface area (Å²) >= 11 is 0. The molecule has 0 aromatic carbocycles. The van der Waals surface area contributed by atoms with Crippen LogP contribution in [0.25, 0.3) is 0 Å². The quantitative estimate of drug-likeness (QED) is 0.792. The van der Waals surface area contributed by atoms with Gasteiger partial charge < -0.3 is 5.11 Å². The predicted molar refractivity (Wildman–Crippen MR) is 49.3 cm³/mol. The third-order valence-electron chi connectivity index (χ3n) is 2.36. The number of hydrogen-bond acceptors (Lipinski definition) is 3. The molecular weight excluding hydrogens is 182 g/mol. The smallest absolute Gasteiger partial charge is 0.356 e. The molecule has 5 nitrogen and oxygen atoms in total. The van der Waals surface area contributed by atoms with E-state index < -0.39 is 5.97 Å². The summed E-state index contributed by atoms with van der Waals surface area (Å²) in [7, 11) is 0. The van der Waals surface area contributed by atoms with Crippen molar-refractivity contribution in [2.45, 2.75) is 38.6 Å². The number of carboxylic acids is 1. The first-order valence-corrected chi connectivity index (χ1v) is 4.79. The molecule has 1 N–H and O–H groups in total. The van der Waals surface area contributed by atoms with Crippen LogP contribution in [0.1, 0.15) is 54.8 Å². The average molecular weight is 195 g/mol. The molecule has 1 heterocycles. The lowest BCUT2D eigenvalue weighted by molar-refractivity contribution is 0.0681. The first-order valence-electron chi connectivity index (χ1n) is 4.79. The summed E-state index contributed by atoms with van der Waals surface area (Å²) in [5.41, 5.74) is 0.854. The average Bonchev–Trinajstić information content (AvgIpc) is 2.83. The summed E-state index contributed by atoms with van der Waals surface area (Å²) in [6.45, 7) is 3.85. The van der Waals surface area contributed by atoms with Crippen LogP contribution in [-0.4, -0.2) is 26.1 Å². The minimum Gasteiger partial charge on any atom is -0.476 e. The van der Waals surface area contributed by atoms with Crippen molar-refractivity contribution in [2.24, 2.45) is 0 Å². The SMILES string of the molecule is CC(C)c1nnn(C2CC2)c1C(=O)O. The Morgan fingerprint density at radius 2 is 2.21 bits per heavy atom. The van der Waals surface area contributed by atoms with Crippen molar-refractivity contribution >= 4 is 5.97 Å². The van der Waals surface area contributed by atoms with Crippen molar-refractivity contribution in [3.63, 3.8) is 0 Å². The zero-order valence-electron chi connectivity index (χ0n) is 8.27. The van der Waals surface area contributed by atoms with E-state index in [0.29, 0.717) is 5.69 Å². The van der Waals surface area contributed by atoms with Gasteiger partial charge in [0.1, 0.15) is 5.69 Å². The molecule has 0 amide bonds. The minimum atomic E-state index is -0.925. The molecule has 76 valence electrons. The maximum absolute atomic E-state index is 11.0. The Morgan fingerprint density at radius 1 is 1.57 bits per heavy atom. The van der Waals surface area contributed by atoms with Gasteiger partial charge in [-0.1, -0.05) is 19.1 Å². The van der Waals surface area contributed by atoms with E-state index in [2.05, 4.69) is 10.3 Å². The van der Waals surface area contributed by atoms with Crippen molar-refractivity contribution in [3.8, 4) is 0 Å². The molecule has 0 spiro atoms. The highest BCUT2D eigenvalue weighted by Gasteiger charge is 2.32. The van der Waals surface area contributed by atoms with Crippen LogP contribution in [0.3, 0.4) is 0 Å². The van der Waals surface area contributed by atoms with E-state index in [0.717, 1.165) is 12.8 Å². The van der Waals surface area contributed by atoms with Crippen molar-refractivity contribution in [1.29, 1.82) is 0 Å². The minimum absolute atomic E-state index is 0.105. The van der Waals surface area contributed by atoms with Gasteiger partial charge in [0, 0.05) is 0 Å². The number of rotatable bonds is 3. The zero-order chi connectivity index (χ0) is 10.3. The van der Waals surface area contributed by atoms with Gasteiger partial charge in [-0.25, -0.2) is 9.48 Å². The molecule has 0 unspecified atom stereocenters. The standard InChI is InChI=1S/C9H13N3O2/c1-5(2)7-8(9(13)14)12(11-10-7)6-3-4-6/h5-6H,3-4H2,1-2H3,(H,13,14). The molecule has 0 aliphatic heterocycles. The third kappa shape index (κ3) is 1.38. The van der Waals surface area contributed by atoms with E-state index in [1.54, 1.807) is 4.68 Å². The molecule has 1 fully saturated rings. The third-order valence-corrected chi connectivity index (χ3v) is 2.36. The molecule has 1 aliphatic carbocycles. The Balaban J connectivity index is 2.46. The highest BCUT2D eigenvalue weighted by Crippen LogP contribution is 2.36. The summed E-state index contributed by atoms with van der Waals surface area (Å²) in [5, 5.41) is 16.9. The molecule has 5 heteroatoms. The topological polar surface area (TPSA) is 68.0 Å². The Bertz CT molecular complexity index is 347. The highest BCUT2D eigenvalue weighted by molar-refractivity contribution is 5.87. The number of aromatic carboxylic acids is 1. The van der Waals surface area contributed by atoms with Gasteiger partial charge in [0.2, 0.25) is 0 Å².